The van der Waals surface area contributed by atoms with Crippen LogP contribution in [-0.2, 0) is 10.0 Å². The maximum atomic E-state index is 13.2. The fraction of sp³-hybridized carbons (Fsp3) is 0.333. The van der Waals surface area contributed by atoms with Crippen molar-refractivity contribution in [2.75, 3.05) is 19.6 Å². The molecule has 1 heterocycles. The first kappa shape index (κ1) is 17.4. The van der Waals surface area contributed by atoms with Crippen LogP contribution in [0.25, 0.3) is 0 Å². The van der Waals surface area contributed by atoms with Gasteiger partial charge in [-0.3, -0.25) is 0 Å². The number of hydrogen-bond acceptors (Lipinski definition) is 3. The SMILES string of the molecule is Cl.O=S(=O)(NCC1=CCNCC1)c1cc(F)cc(Cl)c1. The molecule has 0 atom stereocenters. The molecule has 0 fully saturated rings. The zero-order chi connectivity index (χ0) is 13.9. The highest BCUT2D eigenvalue weighted by Gasteiger charge is 2.16. The van der Waals surface area contributed by atoms with Crippen LogP contribution < -0.4 is 10.0 Å². The first-order valence-electron chi connectivity index (χ1n) is 5.82. The van der Waals surface area contributed by atoms with E-state index in [0.717, 1.165) is 37.2 Å². The Kier molecular flexibility index (Phi) is 6.42. The molecule has 2 N–H and O–H groups in total. The van der Waals surface area contributed by atoms with Crippen LogP contribution in [0.5, 0.6) is 0 Å². The molecule has 1 aliphatic rings. The lowest BCUT2D eigenvalue weighted by atomic mass is 10.1. The van der Waals surface area contributed by atoms with Crippen LogP contribution in [-0.4, -0.2) is 28.1 Å². The molecule has 0 amide bonds. The Morgan fingerprint density at radius 1 is 1.35 bits per heavy atom. The van der Waals surface area contributed by atoms with Gasteiger partial charge in [0.05, 0.1) is 4.90 Å². The van der Waals surface area contributed by atoms with E-state index in [-0.39, 0.29) is 28.9 Å². The van der Waals surface area contributed by atoms with Crippen LogP contribution in [0.4, 0.5) is 4.39 Å². The van der Waals surface area contributed by atoms with Crippen molar-refractivity contribution in [3.05, 3.63) is 40.7 Å². The normalized spacial score (nSPS) is 15.4. The zero-order valence-electron chi connectivity index (χ0n) is 10.5. The van der Waals surface area contributed by atoms with E-state index in [2.05, 4.69) is 10.0 Å². The summed E-state index contributed by atoms with van der Waals surface area (Å²) in [5, 5.41) is 3.19. The highest BCUT2D eigenvalue weighted by molar-refractivity contribution is 7.89. The minimum absolute atomic E-state index is 0. The Morgan fingerprint density at radius 2 is 2.10 bits per heavy atom. The summed E-state index contributed by atoms with van der Waals surface area (Å²) in [6.07, 6.45) is 2.75. The van der Waals surface area contributed by atoms with E-state index in [1.54, 1.807) is 0 Å². The monoisotopic (exact) mass is 340 g/mol. The van der Waals surface area contributed by atoms with Gasteiger partial charge in [-0.05, 0) is 31.2 Å². The van der Waals surface area contributed by atoms with Crippen LogP contribution in [0.3, 0.4) is 0 Å². The fourth-order valence-corrected chi connectivity index (χ4v) is 3.16. The quantitative estimate of drug-likeness (QED) is 0.825. The predicted molar refractivity (Wildman–Crippen MR) is 79.4 cm³/mol. The lowest BCUT2D eigenvalue weighted by molar-refractivity contribution is 0.578. The minimum Gasteiger partial charge on any atom is -0.313 e. The van der Waals surface area contributed by atoms with Crippen molar-refractivity contribution >= 4 is 34.0 Å². The average Bonchev–Trinajstić information content (AvgIpc) is 2.37. The van der Waals surface area contributed by atoms with Gasteiger partial charge in [-0.15, -0.1) is 12.4 Å². The van der Waals surface area contributed by atoms with Crippen LogP contribution in [0.15, 0.2) is 34.7 Å². The molecule has 4 nitrogen and oxygen atoms in total. The summed E-state index contributed by atoms with van der Waals surface area (Å²) in [4.78, 5) is -0.160. The van der Waals surface area contributed by atoms with Crippen LogP contribution in [0.2, 0.25) is 5.02 Å². The van der Waals surface area contributed by atoms with Gasteiger partial charge in [0.1, 0.15) is 5.82 Å². The van der Waals surface area contributed by atoms with E-state index >= 15 is 0 Å². The Labute approximate surface area is 128 Å². The molecule has 1 aliphatic heterocycles. The molecule has 112 valence electrons. The first-order chi connectivity index (χ1) is 8.97. The largest absolute Gasteiger partial charge is 0.313 e. The highest BCUT2D eigenvalue weighted by atomic mass is 35.5. The molecule has 0 saturated carbocycles. The molecule has 0 spiro atoms. The molecule has 8 heteroatoms. The third-order valence-electron chi connectivity index (χ3n) is 2.79. The molecule has 20 heavy (non-hydrogen) atoms. The second-order valence-electron chi connectivity index (χ2n) is 4.25. The van der Waals surface area contributed by atoms with Gasteiger partial charge >= 0.3 is 0 Å². The molecule has 1 aromatic rings. The summed E-state index contributed by atoms with van der Waals surface area (Å²) in [6.45, 7) is 1.81. The number of sulfonamides is 1. The molecule has 1 aromatic carbocycles. The number of hydrogen-bond donors (Lipinski definition) is 2. The molecule has 0 radical (unpaired) electrons. The molecular formula is C12H15Cl2FN2O2S. The van der Waals surface area contributed by atoms with Gasteiger partial charge in [0.25, 0.3) is 0 Å². The van der Waals surface area contributed by atoms with Crippen molar-refractivity contribution in [1.82, 2.24) is 10.0 Å². The summed E-state index contributed by atoms with van der Waals surface area (Å²) in [5.74, 6) is -0.672. The van der Waals surface area contributed by atoms with Crippen LogP contribution >= 0.6 is 24.0 Å². The minimum atomic E-state index is -3.74. The van der Waals surface area contributed by atoms with E-state index in [9.17, 15) is 12.8 Å². The second-order valence-corrected chi connectivity index (χ2v) is 6.45. The van der Waals surface area contributed by atoms with E-state index in [4.69, 9.17) is 11.6 Å². The average molecular weight is 341 g/mol. The van der Waals surface area contributed by atoms with Gasteiger partial charge in [0.2, 0.25) is 10.0 Å². The van der Waals surface area contributed by atoms with Crippen LogP contribution in [0, 0.1) is 5.82 Å². The summed E-state index contributed by atoms with van der Waals surface area (Å²) >= 11 is 5.65. The van der Waals surface area contributed by atoms with Gasteiger partial charge in [-0.25, -0.2) is 17.5 Å². The number of halogens is 3. The fourth-order valence-electron chi connectivity index (χ4n) is 1.78. The Bertz CT molecular complexity index is 585. The van der Waals surface area contributed by atoms with Crippen molar-refractivity contribution in [2.45, 2.75) is 11.3 Å². The van der Waals surface area contributed by atoms with Gasteiger partial charge in [0, 0.05) is 18.1 Å². The molecular weight excluding hydrogens is 326 g/mol. The lowest BCUT2D eigenvalue weighted by Gasteiger charge is -2.14. The van der Waals surface area contributed by atoms with Crippen LogP contribution in [0.1, 0.15) is 6.42 Å². The molecule has 0 saturated heterocycles. The van der Waals surface area contributed by atoms with Crippen molar-refractivity contribution < 1.29 is 12.8 Å². The first-order valence-corrected chi connectivity index (χ1v) is 7.68. The predicted octanol–water partition coefficient (Wildman–Crippen LogP) is 2.10. The summed E-state index contributed by atoms with van der Waals surface area (Å²) < 4.78 is 39.6. The lowest BCUT2D eigenvalue weighted by Crippen LogP contribution is -2.29. The second kappa shape index (κ2) is 7.38. The number of rotatable bonds is 4. The number of nitrogens with one attached hydrogen (secondary N) is 2. The maximum absolute atomic E-state index is 13.2. The van der Waals surface area contributed by atoms with E-state index in [1.165, 1.54) is 6.07 Å². The Hall–Kier alpha value is -0.660. The van der Waals surface area contributed by atoms with Crippen molar-refractivity contribution in [3.8, 4) is 0 Å². The van der Waals surface area contributed by atoms with E-state index in [1.807, 2.05) is 6.08 Å². The Balaban J connectivity index is 0.00000200. The standard InChI is InChI=1S/C12H14ClFN2O2S.ClH/c13-10-5-11(14)7-12(6-10)19(17,18)16-8-9-1-3-15-4-2-9;/h1,5-7,15-16H,2-4,8H2;1H. The molecule has 0 unspecified atom stereocenters. The summed E-state index contributed by atoms with van der Waals surface area (Å²) in [5.41, 5.74) is 1.02. The van der Waals surface area contributed by atoms with Crippen molar-refractivity contribution in [1.29, 1.82) is 0 Å². The highest BCUT2D eigenvalue weighted by Crippen LogP contribution is 2.18. The van der Waals surface area contributed by atoms with Crippen molar-refractivity contribution in [3.63, 3.8) is 0 Å². The van der Waals surface area contributed by atoms with E-state index in [0.29, 0.717) is 0 Å². The van der Waals surface area contributed by atoms with Gasteiger partial charge in [-0.1, -0.05) is 23.3 Å². The summed E-state index contributed by atoms with van der Waals surface area (Å²) in [6, 6.07) is 3.24. The molecule has 0 aliphatic carbocycles. The maximum Gasteiger partial charge on any atom is 0.241 e. The third-order valence-corrected chi connectivity index (χ3v) is 4.39. The topological polar surface area (TPSA) is 58.2 Å². The van der Waals surface area contributed by atoms with Gasteiger partial charge in [-0.2, -0.15) is 0 Å². The molecule has 0 bridgehead atoms. The zero-order valence-corrected chi connectivity index (χ0v) is 12.9. The summed E-state index contributed by atoms with van der Waals surface area (Å²) in [7, 11) is -3.74. The molecule has 2 rings (SSSR count). The number of benzene rings is 1. The molecule has 0 aromatic heterocycles. The Morgan fingerprint density at radius 3 is 2.70 bits per heavy atom. The van der Waals surface area contributed by atoms with E-state index < -0.39 is 15.8 Å². The van der Waals surface area contributed by atoms with Crippen molar-refractivity contribution in [2.24, 2.45) is 0 Å². The smallest absolute Gasteiger partial charge is 0.241 e. The van der Waals surface area contributed by atoms with Gasteiger partial charge < -0.3 is 5.32 Å². The van der Waals surface area contributed by atoms with Gasteiger partial charge in [0.15, 0.2) is 0 Å². The third kappa shape index (κ3) is 4.71.